The summed E-state index contributed by atoms with van der Waals surface area (Å²) in [6, 6.07) is 28.7. The van der Waals surface area contributed by atoms with Gasteiger partial charge >= 0.3 is 7.12 Å². The minimum absolute atomic E-state index is 0.476. The van der Waals surface area contributed by atoms with Crippen LogP contribution in [-0.4, -0.2) is 21.7 Å². The first-order chi connectivity index (χ1) is 19.0. The van der Waals surface area contributed by atoms with Crippen LogP contribution in [0.25, 0.3) is 50.6 Å². The molecule has 0 saturated heterocycles. The summed E-state index contributed by atoms with van der Waals surface area (Å²) in [6.07, 6.45) is 9.38. The molecule has 196 valence electrons. The molecule has 4 heteroatoms. The lowest BCUT2D eigenvalue weighted by molar-refractivity contribution is 0.426. The van der Waals surface area contributed by atoms with Crippen molar-refractivity contribution in [3.63, 3.8) is 0 Å². The molecule has 0 fully saturated rings. The largest absolute Gasteiger partial charge is 0.488 e. The van der Waals surface area contributed by atoms with Crippen LogP contribution in [0.1, 0.15) is 32.0 Å². The number of allylic oxidation sites excluding steroid dienone is 3. The maximum atomic E-state index is 9.41. The Kier molecular flexibility index (Phi) is 10.5. The molecule has 39 heavy (non-hydrogen) atoms. The molecule has 0 aliphatic rings. The van der Waals surface area contributed by atoms with Crippen LogP contribution >= 0.6 is 0 Å². The molecule has 0 aliphatic heterocycles. The van der Waals surface area contributed by atoms with Crippen molar-refractivity contribution in [2.75, 3.05) is 0 Å². The minimum Gasteiger partial charge on any atom is -0.423 e. The van der Waals surface area contributed by atoms with Gasteiger partial charge in [0.2, 0.25) is 0 Å². The molecule has 0 spiro atoms. The van der Waals surface area contributed by atoms with Gasteiger partial charge in [-0.05, 0) is 58.6 Å². The van der Waals surface area contributed by atoms with Gasteiger partial charge in [0, 0.05) is 16.6 Å². The van der Waals surface area contributed by atoms with Crippen molar-refractivity contribution in [2.45, 2.75) is 20.8 Å². The molecule has 1 heterocycles. The Balaban J connectivity index is 0.000000644. The second-order valence-corrected chi connectivity index (χ2v) is 8.57. The molecule has 0 bridgehead atoms. The van der Waals surface area contributed by atoms with Crippen molar-refractivity contribution in [3.8, 4) is 16.8 Å². The van der Waals surface area contributed by atoms with Crippen LogP contribution in [0.4, 0.5) is 0 Å². The highest BCUT2D eigenvalue weighted by Crippen LogP contribution is 2.35. The molecule has 5 aromatic rings. The lowest BCUT2D eigenvalue weighted by Crippen LogP contribution is -2.29. The van der Waals surface area contributed by atoms with Crippen molar-refractivity contribution in [3.05, 3.63) is 134 Å². The SMILES string of the molecule is C=CC=C.C=Cc1c(/C=C\C)n(-c2ccc3ccccc3c2)c2cc(-c3ccc(B(O)O)cc3)ccc12.CC. The van der Waals surface area contributed by atoms with Crippen LogP contribution in [0, 0.1) is 0 Å². The van der Waals surface area contributed by atoms with Gasteiger partial charge in [0.25, 0.3) is 0 Å². The van der Waals surface area contributed by atoms with Crippen LogP contribution in [0.2, 0.25) is 0 Å². The van der Waals surface area contributed by atoms with Gasteiger partial charge in [-0.2, -0.15) is 0 Å². The minimum atomic E-state index is -1.47. The number of nitrogens with zero attached hydrogens (tertiary/aromatic N) is 1. The van der Waals surface area contributed by atoms with Gasteiger partial charge in [-0.15, -0.1) is 0 Å². The molecule has 0 unspecified atom stereocenters. The Labute approximate surface area is 232 Å². The zero-order valence-corrected chi connectivity index (χ0v) is 23.0. The Hall–Kier alpha value is -4.38. The van der Waals surface area contributed by atoms with Crippen LogP contribution in [0.5, 0.6) is 0 Å². The average molecular weight is 513 g/mol. The number of aromatic nitrogens is 1. The summed E-state index contributed by atoms with van der Waals surface area (Å²) in [5.74, 6) is 0. The quantitative estimate of drug-likeness (QED) is 0.178. The second-order valence-electron chi connectivity index (χ2n) is 8.57. The maximum Gasteiger partial charge on any atom is 0.488 e. The van der Waals surface area contributed by atoms with E-state index in [-0.39, 0.29) is 0 Å². The van der Waals surface area contributed by atoms with E-state index < -0.39 is 7.12 Å². The summed E-state index contributed by atoms with van der Waals surface area (Å²) in [5, 5.41) is 22.4. The summed E-state index contributed by atoms with van der Waals surface area (Å²) in [7, 11) is -1.47. The van der Waals surface area contributed by atoms with Gasteiger partial charge < -0.3 is 14.6 Å². The van der Waals surface area contributed by atoms with Crippen LogP contribution in [-0.2, 0) is 0 Å². The summed E-state index contributed by atoms with van der Waals surface area (Å²) < 4.78 is 2.29. The van der Waals surface area contributed by atoms with Crippen LogP contribution in [0.15, 0.2) is 123 Å². The third kappa shape index (κ3) is 6.38. The van der Waals surface area contributed by atoms with Gasteiger partial charge in [0.1, 0.15) is 0 Å². The van der Waals surface area contributed by atoms with Gasteiger partial charge in [0.15, 0.2) is 0 Å². The predicted octanol–water partition coefficient (Wildman–Crippen LogP) is 8.19. The van der Waals surface area contributed by atoms with Gasteiger partial charge in [-0.25, -0.2) is 0 Å². The monoisotopic (exact) mass is 513 g/mol. The van der Waals surface area contributed by atoms with Crippen molar-refractivity contribution in [2.24, 2.45) is 0 Å². The molecule has 4 aromatic carbocycles. The van der Waals surface area contributed by atoms with Crippen molar-refractivity contribution < 1.29 is 10.0 Å². The third-order valence-electron chi connectivity index (χ3n) is 6.27. The highest BCUT2D eigenvalue weighted by molar-refractivity contribution is 6.58. The molecule has 0 atom stereocenters. The van der Waals surface area contributed by atoms with Crippen LogP contribution < -0.4 is 5.46 Å². The topological polar surface area (TPSA) is 45.4 Å². The van der Waals surface area contributed by atoms with E-state index in [2.05, 4.69) is 97.1 Å². The molecule has 2 N–H and O–H groups in total. The van der Waals surface area contributed by atoms with Crippen molar-refractivity contribution in [1.82, 2.24) is 4.57 Å². The van der Waals surface area contributed by atoms with E-state index in [9.17, 15) is 10.0 Å². The summed E-state index contributed by atoms with van der Waals surface area (Å²) in [5.41, 5.74) is 6.93. The second kappa shape index (κ2) is 14.0. The summed E-state index contributed by atoms with van der Waals surface area (Å²) in [4.78, 5) is 0. The third-order valence-corrected chi connectivity index (χ3v) is 6.27. The Morgan fingerprint density at radius 1 is 0.744 bits per heavy atom. The van der Waals surface area contributed by atoms with Crippen molar-refractivity contribution >= 4 is 46.4 Å². The highest BCUT2D eigenvalue weighted by atomic mass is 16.4. The Morgan fingerprint density at radius 3 is 1.97 bits per heavy atom. The maximum absolute atomic E-state index is 9.41. The molecule has 0 amide bonds. The van der Waals surface area contributed by atoms with Gasteiger partial charge in [0.05, 0.1) is 11.2 Å². The van der Waals surface area contributed by atoms with Gasteiger partial charge in [-0.1, -0.05) is 125 Å². The van der Waals surface area contributed by atoms with Crippen molar-refractivity contribution in [1.29, 1.82) is 0 Å². The average Bonchev–Trinajstić information content (AvgIpc) is 3.30. The first-order valence-corrected chi connectivity index (χ1v) is 13.1. The smallest absolute Gasteiger partial charge is 0.423 e. The fourth-order valence-electron chi connectivity index (χ4n) is 4.49. The van der Waals surface area contributed by atoms with Gasteiger partial charge in [-0.3, -0.25) is 0 Å². The molecular weight excluding hydrogens is 477 g/mol. The number of fused-ring (bicyclic) bond motifs is 2. The number of hydrogen-bond acceptors (Lipinski definition) is 2. The number of rotatable bonds is 6. The molecule has 5 rings (SSSR count). The van der Waals surface area contributed by atoms with E-state index >= 15 is 0 Å². The first-order valence-electron chi connectivity index (χ1n) is 13.1. The number of benzene rings is 4. The zero-order valence-electron chi connectivity index (χ0n) is 23.0. The lowest BCUT2D eigenvalue weighted by atomic mass is 9.80. The highest BCUT2D eigenvalue weighted by Gasteiger charge is 2.17. The first kappa shape index (κ1) is 29.2. The molecule has 0 radical (unpaired) electrons. The standard InChI is InChI=1S/C29H24BNO2.C4H6.C2H6/c1-3-7-28-26(4-2)27-17-13-23(21-10-14-24(15-11-21)30(32)33)19-29(27)31(28)25-16-12-20-8-5-6-9-22(20)18-25;1-3-4-2;1-2/h3-19,32-33H,2H2,1H3;3-4H,1-2H2;1-2H3/b7-3-;;. The zero-order chi connectivity index (χ0) is 28.4. The summed E-state index contributed by atoms with van der Waals surface area (Å²) >= 11 is 0. The predicted molar refractivity (Wildman–Crippen MR) is 173 cm³/mol. The molecule has 1 aromatic heterocycles. The van der Waals surface area contributed by atoms with E-state index in [1.807, 2.05) is 39.0 Å². The molecule has 0 saturated carbocycles. The molecule has 0 aliphatic carbocycles. The fourth-order valence-corrected chi connectivity index (χ4v) is 4.49. The number of hydrogen-bond donors (Lipinski definition) is 2. The Bertz CT molecular complexity index is 1600. The van der Waals surface area contributed by atoms with E-state index in [0.717, 1.165) is 39.0 Å². The lowest BCUT2D eigenvalue weighted by Gasteiger charge is -2.12. The molecule has 3 nitrogen and oxygen atoms in total. The van der Waals surface area contributed by atoms with E-state index in [1.54, 1.807) is 24.3 Å². The van der Waals surface area contributed by atoms with E-state index in [0.29, 0.717) is 5.46 Å². The fraction of sp³-hybridized carbons (Fsp3) is 0.0857. The normalized spacial score (nSPS) is 10.4. The van der Waals surface area contributed by atoms with E-state index in [1.165, 1.54) is 10.8 Å². The Morgan fingerprint density at radius 2 is 1.38 bits per heavy atom. The van der Waals surface area contributed by atoms with E-state index in [4.69, 9.17) is 0 Å². The van der Waals surface area contributed by atoms with Crippen LogP contribution in [0.3, 0.4) is 0 Å². The summed E-state index contributed by atoms with van der Waals surface area (Å²) in [6.45, 7) is 16.8. The molecular formula is C35H36BNO2.